The van der Waals surface area contributed by atoms with E-state index in [0.29, 0.717) is 6.04 Å². The second-order valence-electron chi connectivity index (χ2n) is 4.54. The fraction of sp³-hybridized carbons (Fsp3) is 0.667. The first-order chi connectivity index (χ1) is 7.74. The van der Waals surface area contributed by atoms with Crippen LogP contribution in [0.15, 0.2) is 15.9 Å². The highest BCUT2D eigenvalue weighted by Gasteiger charge is 2.16. The van der Waals surface area contributed by atoms with Gasteiger partial charge in [-0.1, -0.05) is 0 Å². The average Bonchev–Trinajstić information content (AvgIpc) is 2.87. The van der Waals surface area contributed by atoms with Crippen LogP contribution < -0.4 is 10.6 Å². The fourth-order valence-corrected chi connectivity index (χ4v) is 3.59. The molecule has 2 rings (SSSR count). The highest BCUT2D eigenvalue weighted by Crippen LogP contribution is 2.19. The van der Waals surface area contributed by atoms with Gasteiger partial charge in [-0.05, 0) is 54.7 Å². The van der Waals surface area contributed by atoms with E-state index in [2.05, 4.69) is 44.9 Å². The molecule has 2 atom stereocenters. The molecule has 0 spiro atoms. The summed E-state index contributed by atoms with van der Waals surface area (Å²) in [4.78, 5) is 1.40. The Balaban J connectivity index is 1.68. The van der Waals surface area contributed by atoms with Crippen LogP contribution in [0.4, 0.5) is 0 Å². The molecule has 0 aliphatic carbocycles. The number of halogens is 1. The normalized spacial score (nSPS) is 22.5. The maximum Gasteiger partial charge on any atom is 0.0302 e. The van der Waals surface area contributed by atoms with Gasteiger partial charge in [0.1, 0.15) is 0 Å². The Bertz CT molecular complexity index is 321. The lowest BCUT2D eigenvalue weighted by Crippen LogP contribution is -2.33. The van der Waals surface area contributed by atoms with Crippen molar-refractivity contribution in [2.45, 2.75) is 44.8 Å². The molecule has 1 aromatic heterocycles. The zero-order chi connectivity index (χ0) is 11.4. The Hall–Kier alpha value is 0.1000. The van der Waals surface area contributed by atoms with Gasteiger partial charge in [0.15, 0.2) is 0 Å². The van der Waals surface area contributed by atoms with Crippen molar-refractivity contribution in [3.8, 4) is 0 Å². The van der Waals surface area contributed by atoms with E-state index in [1.165, 1.54) is 35.2 Å². The number of nitrogens with one attached hydrogen (secondary N) is 2. The van der Waals surface area contributed by atoms with Gasteiger partial charge < -0.3 is 10.6 Å². The van der Waals surface area contributed by atoms with E-state index in [1.54, 1.807) is 0 Å². The maximum absolute atomic E-state index is 3.59. The lowest BCUT2D eigenvalue weighted by atomic mass is 10.1. The summed E-state index contributed by atoms with van der Waals surface area (Å²) in [6, 6.07) is 3.52. The van der Waals surface area contributed by atoms with E-state index in [4.69, 9.17) is 0 Å². The summed E-state index contributed by atoms with van der Waals surface area (Å²) in [6.07, 6.45) is 3.93. The lowest BCUT2D eigenvalue weighted by Gasteiger charge is -2.17. The van der Waals surface area contributed by atoms with Gasteiger partial charge in [0.05, 0.1) is 0 Å². The summed E-state index contributed by atoms with van der Waals surface area (Å²) >= 11 is 5.29. The van der Waals surface area contributed by atoms with E-state index in [0.717, 1.165) is 12.6 Å². The monoisotopic (exact) mass is 302 g/mol. The van der Waals surface area contributed by atoms with Crippen LogP contribution in [0.25, 0.3) is 0 Å². The summed E-state index contributed by atoms with van der Waals surface area (Å²) in [5.74, 6) is 0. The minimum absolute atomic E-state index is 0.594. The molecule has 1 aliphatic heterocycles. The fourth-order valence-electron chi connectivity index (χ4n) is 2.19. The highest BCUT2D eigenvalue weighted by atomic mass is 79.9. The van der Waals surface area contributed by atoms with Crippen LogP contribution in [0, 0.1) is 0 Å². The van der Waals surface area contributed by atoms with Crippen molar-refractivity contribution < 1.29 is 0 Å². The standard InChI is InChI=1S/C12H19BrN2S/c1-9(5-11-3-2-4-14-11)15-7-12-6-10(13)8-16-12/h6,8-9,11,14-15H,2-5,7H2,1H3. The van der Waals surface area contributed by atoms with E-state index < -0.39 is 0 Å². The first-order valence-electron chi connectivity index (χ1n) is 5.93. The lowest BCUT2D eigenvalue weighted by molar-refractivity contribution is 0.441. The molecule has 4 heteroatoms. The zero-order valence-corrected chi connectivity index (χ0v) is 12.0. The SMILES string of the molecule is CC(CC1CCCN1)NCc1cc(Br)cs1. The van der Waals surface area contributed by atoms with Crippen molar-refractivity contribution in [3.63, 3.8) is 0 Å². The molecular weight excluding hydrogens is 284 g/mol. The predicted octanol–water partition coefficient (Wildman–Crippen LogP) is 3.13. The van der Waals surface area contributed by atoms with Crippen LogP contribution in [0.1, 0.15) is 31.1 Å². The van der Waals surface area contributed by atoms with Gasteiger partial charge >= 0.3 is 0 Å². The Morgan fingerprint density at radius 2 is 2.56 bits per heavy atom. The summed E-state index contributed by atoms with van der Waals surface area (Å²) < 4.78 is 1.19. The van der Waals surface area contributed by atoms with E-state index in [1.807, 2.05) is 11.3 Å². The number of hydrogen-bond acceptors (Lipinski definition) is 3. The molecule has 16 heavy (non-hydrogen) atoms. The molecule has 2 unspecified atom stereocenters. The molecule has 2 N–H and O–H groups in total. The van der Waals surface area contributed by atoms with Crippen molar-refractivity contribution in [1.82, 2.24) is 10.6 Å². The minimum Gasteiger partial charge on any atom is -0.314 e. The first kappa shape index (κ1) is 12.6. The molecule has 0 saturated carbocycles. The van der Waals surface area contributed by atoms with Gasteiger partial charge in [-0.25, -0.2) is 0 Å². The van der Waals surface area contributed by atoms with Crippen molar-refractivity contribution in [2.75, 3.05) is 6.54 Å². The largest absolute Gasteiger partial charge is 0.314 e. The molecule has 90 valence electrons. The van der Waals surface area contributed by atoms with Gasteiger partial charge in [-0.2, -0.15) is 0 Å². The van der Waals surface area contributed by atoms with Gasteiger partial charge in [0, 0.05) is 33.4 Å². The Labute approximate surface area is 110 Å². The molecule has 2 nitrogen and oxygen atoms in total. The van der Waals surface area contributed by atoms with Crippen LogP contribution in [0.3, 0.4) is 0 Å². The van der Waals surface area contributed by atoms with Crippen LogP contribution in [0.5, 0.6) is 0 Å². The van der Waals surface area contributed by atoms with E-state index in [-0.39, 0.29) is 0 Å². The molecule has 1 saturated heterocycles. The van der Waals surface area contributed by atoms with Gasteiger partial charge in [0.2, 0.25) is 0 Å². The first-order valence-corrected chi connectivity index (χ1v) is 7.61. The molecule has 1 aliphatic rings. The number of rotatable bonds is 5. The topological polar surface area (TPSA) is 24.1 Å². The highest BCUT2D eigenvalue weighted by molar-refractivity contribution is 9.10. The van der Waals surface area contributed by atoms with Crippen molar-refractivity contribution >= 4 is 27.3 Å². The molecule has 0 aromatic carbocycles. The van der Waals surface area contributed by atoms with Gasteiger partial charge in [0.25, 0.3) is 0 Å². The minimum atomic E-state index is 0.594. The average molecular weight is 303 g/mol. The van der Waals surface area contributed by atoms with Crippen LogP contribution in [0.2, 0.25) is 0 Å². The maximum atomic E-state index is 3.59. The van der Waals surface area contributed by atoms with E-state index in [9.17, 15) is 0 Å². The summed E-state index contributed by atoms with van der Waals surface area (Å²) in [6.45, 7) is 4.47. The summed E-state index contributed by atoms with van der Waals surface area (Å²) in [7, 11) is 0. The third-order valence-corrected chi connectivity index (χ3v) is 4.74. The molecule has 0 amide bonds. The van der Waals surface area contributed by atoms with Crippen LogP contribution in [-0.4, -0.2) is 18.6 Å². The zero-order valence-electron chi connectivity index (χ0n) is 9.63. The van der Waals surface area contributed by atoms with Crippen molar-refractivity contribution in [2.24, 2.45) is 0 Å². The van der Waals surface area contributed by atoms with E-state index >= 15 is 0 Å². The molecule has 0 radical (unpaired) electrons. The summed E-state index contributed by atoms with van der Waals surface area (Å²) in [5, 5.41) is 9.27. The summed E-state index contributed by atoms with van der Waals surface area (Å²) in [5.41, 5.74) is 0. The Morgan fingerprint density at radius 3 is 3.19 bits per heavy atom. The smallest absolute Gasteiger partial charge is 0.0302 e. The quantitative estimate of drug-likeness (QED) is 0.873. The Morgan fingerprint density at radius 1 is 1.69 bits per heavy atom. The molecule has 2 heterocycles. The van der Waals surface area contributed by atoms with Gasteiger partial charge in [-0.3, -0.25) is 0 Å². The molecule has 0 bridgehead atoms. The number of thiophene rings is 1. The molecule has 1 aromatic rings. The van der Waals surface area contributed by atoms with Crippen LogP contribution >= 0.6 is 27.3 Å². The van der Waals surface area contributed by atoms with Crippen LogP contribution in [-0.2, 0) is 6.54 Å². The molecule has 1 fully saturated rings. The predicted molar refractivity (Wildman–Crippen MR) is 74.0 cm³/mol. The second kappa shape index (κ2) is 6.15. The van der Waals surface area contributed by atoms with Gasteiger partial charge in [-0.15, -0.1) is 11.3 Å². The Kier molecular flexibility index (Phi) is 4.82. The number of hydrogen-bond donors (Lipinski definition) is 2. The third-order valence-electron chi connectivity index (χ3n) is 3.05. The van der Waals surface area contributed by atoms with Crippen molar-refractivity contribution in [1.29, 1.82) is 0 Å². The molecular formula is C12H19BrN2S. The third kappa shape index (κ3) is 3.84. The second-order valence-corrected chi connectivity index (χ2v) is 6.45. The van der Waals surface area contributed by atoms with Crippen molar-refractivity contribution in [3.05, 3.63) is 20.8 Å².